The van der Waals surface area contributed by atoms with Gasteiger partial charge in [0.15, 0.2) is 0 Å². The Labute approximate surface area is 204 Å². The van der Waals surface area contributed by atoms with Crippen LogP contribution in [-0.4, -0.2) is 46.2 Å². The molecule has 0 fully saturated rings. The number of fused-ring (bicyclic) bond motifs is 1. The van der Waals surface area contributed by atoms with Crippen LogP contribution in [0.4, 0.5) is 0 Å². The molecule has 0 saturated carbocycles. The van der Waals surface area contributed by atoms with Crippen LogP contribution in [-0.2, 0) is 16.9 Å². The molecule has 1 aromatic heterocycles. The van der Waals surface area contributed by atoms with E-state index in [1.165, 1.54) is 0 Å². The molecule has 0 saturated heterocycles. The molecule has 176 valence electrons. The maximum Gasteiger partial charge on any atom is 0.229 e. The van der Waals surface area contributed by atoms with Gasteiger partial charge in [-0.3, -0.25) is 4.79 Å². The van der Waals surface area contributed by atoms with E-state index < -0.39 is 5.60 Å². The normalized spacial score (nSPS) is 13.9. The summed E-state index contributed by atoms with van der Waals surface area (Å²) in [5.41, 5.74) is 0.270. The minimum atomic E-state index is -1.32. The fourth-order valence-corrected chi connectivity index (χ4v) is 4.38. The monoisotopic (exact) mass is 477 g/mol. The molecule has 6 nitrogen and oxygen atoms in total. The van der Waals surface area contributed by atoms with Gasteiger partial charge in [-0.1, -0.05) is 48.0 Å². The summed E-state index contributed by atoms with van der Waals surface area (Å²) in [5, 5.41) is 14.4. The van der Waals surface area contributed by atoms with Gasteiger partial charge in [0, 0.05) is 24.5 Å². The fourth-order valence-electron chi connectivity index (χ4n) is 4.26. The molecule has 0 radical (unpaired) electrons. The smallest absolute Gasteiger partial charge is 0.229 e. The number of rotatable bonds is 8. The average molecular weight is 478 g/mol. The number of hydrogen-bond acceptors (Lipinski definition) is 4. The van der Waals surface area contributed by atoms with Gasteiger partial charge >= 0.3 is 0 Å². The van der Waals surface area contributed by atoms with Crippen molar-refractivity contribution in [1.29, 1.82) is 0 Å². The van der Waals surface area contributed by atoms with Crippen molar-refractivity contribution < 1.29 is 14.6 Å². The first-order chi connectivity index (χ1) is 16.3. The van der Waals surface area contributed by atoms with Gasteiger partial charge in [0.05, 0.1) is 32.4 Å². The van der Waals surface area contributed by atoms with E-state index in [1.807, 2.05) is 43.3 Å². The van der Waals surface area contributed by atoms with Crippen molar-refractivity contribution in [2.75, 3.05) is 20.7 Å². The molecular weight excluding hydrogens is 450 g/mol. The molecule has 4 rings (SSSR count). The van der Waals surface area contributed by atoms with Gasteiger partial charge in [-0.2, -0.15) is 0 Å². The number of aromatic nitrogens is 2. The maximum absolute atomic E-state index is 13.4. The van der Waals surface area contributed by atoms with Crippen LogP contribution in [0.3, 0.4) is 0 Å². The number of amides is 1. The number of benzene rings is 3. The van der Waals surface area contributed by atoms with Crippen LogP contribution in [0.25, 0.3) is 10.8 Å². The summed E-state index contributed by atoms with van der Waals surface area (Å²) in [6, 6.07) is 18.9. The highest BCUT2D eigenvalue weighted by molar-refractivity contribution is 6.30. The Kier molecular flexibility index (Phi) is 6.91. The topological polar surface area (TPSA) is 67.6 Å². The van der Waals surface area contributed by atoms with Crippen LogP contribution in [0.15, 0.2) is 79.4 Å². The van der Waals surface area contributed by atoms with Crippen molar-refractivity contribution >= 4 is 28.3 Å². The first kappa shape index (κ1) is 23.8. The van der Waals surface area contributed by atoms with Gasteiger partial charge in [-0.25, -0.2) is 4.98 Å². The van der Waals surface area contributed by atoms with Gasteiger partial charge in [-0.15, -0.1) is 0 Å². The standard InChI is InChI=1S/C27H28ClN3O3/c1-19(20-4-5-22-15-25(34-3)11-6-21(22)14-20)26(32)30(2)16-27(33,17-31-13-12-29-18-31)23-7-9-24(28)10-8-23/h4-15,18-19,33H,16-17H2,1-3H3/t19-,27?/m0/s1. The maximum atomic E-state index is 13.4. The number of nitrogens with zero attached hydrogens (tertiary/aromatic N) is 3. The second kappa shape index (κ2) is 9.87. The Hall–Kier alpha value is -3.35. The average Bonchev–Trinajstić information content (AvgIpc) is 3.35. The van der Waals surface area contributed by atoms with E-state index >= 15 is 0 Å². The molecule has 1 N–H and O–H groups in total. The number of methoxy groups -OCH3 is 1. The Morgan fingerprint density at radius 1 is 1.15 bits per heavy atom. The quantitative estimate of drug-likeness (QED) is 0.394. The van der Waals surface area contributed by atoms with Crippen LogP contribution in [0.2, 0.25) is 5.02 Å². The molecule has 2 atom stereocenters. The summed E-state index contributed by atoms with van der Waals surface area (Å²) < 4.78 is 7.10. The molecule has 3 aromatic carbocycles. The molecule has 0 aliphatic heterocycles. The van der Waals surface area contributed by atoms with Gasteiger partial charge in [0.1, 0.15) is 11.4 Å². The number of carbonyl (C=O) groups is 1. The largest absolute Gasteiger partial charge is 0.497 e. The van der Waals surface area contributed by atoms with E-state index in [0.717, 1.165) is 22.1 Å². The molecule has 0 bridgehead atoms. The summed E-state index contributed by atoms with van der Waals surface area (Å²) >= 11 is 6.06. The molecule has 1 unspecified atom stereocenters. The number of halogens is 1. The minimum Gasteiger partial charge on any atom is -0.497 e. The first-order valence-electron chi connectivity index (χ1n) is 11.1. The van der Waals surface area contributed by atoms with E-state index in [4.69, 9.17) is 16.3 Å². The van der Waals surface area contributed by atoms with Gasteiger partial charge < -0.3 is 19.3 Å². The van der Waals surface area contributed by atoms with Crippen molar-refractivity contribution in [3.8, 4) is 5.75 Å². The van der Waals surface area contributed by atoms with Crippen molar-refractivity contribution in [3.05, 3.63) is 95.5 Å². The van der Waals surface area contributed by atoms with E-state index in [9.17, 15) is 9.90 Å². The van der Waals surface area contributed by atoms with Crippen LogP contribution in [0.5, 0.6) is 5.75 Å². The van der Waals surface area contributed by atoms with Crippen LogP contribution < -0.4 is 4.74 Å². The number of imidazole rings is 1. The van der Waals surface area contributed by atoms with E-state index in [0.29, 0.717) is 10.6 Å². The lowest BCUT2D eigenvalue weighted by atomic mass is 9.91. The summed E-state index contributed by atoms with van der Waals surface area (Å²) in [6.07, 6.45) is 5.10. The molecule has 0 spiro atoms. The van der Waals surface area contributed by atoms with Crippen LogP contribution in [0.1, 0.15) is 24.0 Å². The molecule has 34 heavy (non-hydrogen) atoms. The van der Waals surface area contributed by atoms with Crippen LogP contribution in [0, 0.1) is 0 Å². The number of carbonyl (C=O) groups excluding carboxylic acids is 1. The third-order valence-electron chi connectivity index (χ3n) is 6.20. The summed E-state index contributed by atoms with van der Waals surface area (Å²) in [5.74, 6) is 0.341. The zero-order valence-electron chi connectivity index (χ0n) is 19.5. The van der Waals surface area contributed by atoms with Gasteiger partial charge in [-0.05, 0) is 53.1 Å². The lowest BCUT2D eigenvalue weighted by Gasteiger charge is -2.34. The zero-order valence-corrected chi connectivity index (χ0v) is 20.2. The van der Waals surface area contributed by atoms with E-state index in [-0.39, 0.29) is 24.9 Å². The molecule has 0 aliphatic carbocycles. The first-order valence-corrected chi connectivity index (χ1v) is 11.4. The number of ether oxygens (including phenoxy) is 1. The third-order valence-corrected chi connectivity index (χ3v) is 6.45. The van der Waals surface area contributed by atoms with Crippen molar-refractivity contribution in [2.24, 2.45) is 0 Å². The Morgan fingerprint density at radius 2 is 1.85 bits per heavy atom. The lowest BCUT2D eigenvalue weighted by molar-refractivity contribution is -0.135. The molecular formula is C27H28ClN3O3. The highest BCUT2D eigenvalue weighted by Crippen LogP contribution is 2.29. The Balaban J connectivity index is 1.57. The zero-order chi connectivity index (χ0) is 24.3. The van der Waals surface area contributed by atoms with E-state index in [2.05, 4.69) is 4.98 Å². The highest BCUT2D eigenvalue weighted by Gasteiger charge is 2.34. The van der Waals surface area contributed by atoms with Gasteiger partial charge in [0.2, 0.25) is 5.91 Å². The fraction of sp³-hybridized carbons (Fsp3) is 0.259. The van der Waals surface area contributed by atoms with Crippen molar-refractivity contribution in [2.45, 2.75) is 25.0 Å². The predicted octanol–water partition coefficient (Wildman–Crippen LogP) is 4.85. The molecule has 1 amide bonds. The summed E-state index contributed by atoms with van der Waals surface area (Å²) in [6.45, 7) is 2.25. The number of hydrogen-bond donors (Lipinski definition) is 1. The van der Waals surface area contributed by atoms with Crippen molar-refractivity contribution in [1.82, 2.24) is 14.5 Å². The lowest BCUT2D eigenvalue weighted by Crippen LogP contribution is -2.45. The Morgan fingerprint density at radius 3 is 2.53 bits per heavy atom. The molecule has 0 aliphatic rings. The highest BCUT2D eigenvalue weighted by atomic mass is 35.5. The van der Waals surface area contributed by atoms with E-state index in [1.54, 1.807) is 66.6 Å². The summed E-state index contributed by atoms with van der Waals surface area (Å²) in [7, 11) is 3.36. The summed E-state index contributed by atoms with van der Waals surface area (Å²) in [4.78, 5) is 19.1. The SMILES string of the molecule is COc1ccc2cc([C@H](C)C(=O)N(C)CC(O)(Cn3ccnc3)c3ccc(Cl)cc3)ccc2c1. The minimum absolute atomic E-state index is 0.0779. The Bertz CT molecular complexity index is 1270. The third kappa shape index (κ3) is 5.08. The molecule has 7 heteroatoms. The van der Waals surface area contributed by atoms with Crippen molar-refractivity contribution in [3.63, 3.8) is 0 Å². The predicted molar refractivity (Wildman–Crippen MR) is 134 cm³/mol. The van der Waals surface area contributed by atoms with Crippen LogP contribution >= 0.6 is 11.6 Å². The number of likely N-dealkylation sites (N-methyl/N-ethyl adjacent to an activating group) is 1. The second-order valence-corrected chi connectivity index (χ2v) is 9.10. The molecule has 4 aromatic rings. The second-order valence-electron chi connectivity index (χ2n) is 8.66. The number of aliphatic hydroxyl groups is 1. The van der Waals surface area contributed by atoms with Gasteiger partial charge in [0.25, 0.3) is 0 Å². The molecule has 1 heterocycles.